The van der Waals surface area contributed by atoms with Crippen molar-refractivity contribution in [3.05, 3.63) is 0 Å². The zero-order valence-electron chi connectivity index (χ0n) is 18.6. The molecule has 7 nitrogen and oxygen atoms in total. The van der Waals surface area contributed by atoms with E-state index in [0.29, 0.717) is 78.2 Å². The number of hydrogen-bond acceptors (Lipinski definition) is 7. The molecule has 0 amide bonds. The summed E-state index contributed by atoms with van der Waals surface area (Å²) in [4.78, 5) is 6.03. The monoisotopic (exact) mass is 427 g/mol. The molecule has 0 atom stereocenters. The van der Waals surface area contributed by atoms with E-state index in [1.54, 1.807) is 0 Å². The molecule has 5 rings (SSSR count). The predicted octanol–water partition coefficient (Wildman–Crippen LogP) is 2.88. The highest BCUT2D eigenvalue weighted by atomic mass is 16.7. The molecule has 5 fully saturated rings. The Morgan fingerprint density at radius 3 is 1.50 bits per heavy atom. The molecule has 0 N–H and O–H groups in total. The van der Waals surface area contributed by atoms with E-state index in [1.807, 2.05) is 5.06 Å². The first-order valence-corrected chi connectivity index (χ1v) is 12.1. The fourth-order valence-electron chi connectivity index (χ4n) is 6.40. The van der Waals surface area contributed by atoms with Gasteiger partial charge in [0.2, 0.25) is 0 Å². The van der Waals surface area contributed by atoms with E-state index in [9.17, 15) is 0 Å². The lowest BCUT2D eigenvalue weighted by Gasteiger charge is -2.57. The fourth-order valence-corrected chi connectivity index (χ4v) is 6.40. The van der Waals surface area contributed by atoms with Gasteiger partial charge in [0.1, 0.15) is 6.73 Å². The van der Waals surface area contributed by atoms with E-state index >= 15 is 0 Å². The number of nitrogens with zero attached hydrogens (tertiary/aromatic N) is 1. The van der Waals surface area contributed by atoms with Gasteiger partial charge in [0, 0.05) is 6.54 Å². The molecule has 0 aromatic rings. The number of hydroxylamine groups is 2. The van der Waals surface area contributed by atoms with Gasteiger partial charge in [0.15, 0.2) is 0 Å². The summed E-state index contributed by atoms with van der Waals surface area (Å²) in [5.74, 6) is 2.97. The third kappa shape index (κ3) is 7.12. The van der Waals surface area contributed by atoms with E-state index in [1.165, 1.54) is 44.9 Å². The van der Waals surface area contributed by atoms with E-state index in [-0.39, 0.29) is 0 Å². The van der Waals surface area contributed by atoms with Crippen molar-refractivity contribution in [2.24, 2.45) is 23.2 Å². The van der Waals surface area contributed by atoms with Crippen LogP contribution >= 0.6 is 0 Å². The lowest BCUT2D eigenvalue weighted by Crippen LogP contribution is -2.47. The minimum absolute atomic E-state index is 0.481. The highest BCUT2D eigenvalue weighted by Crippen LogP contribution is 2.61. The second-order valence-corrected chi connectivity index (χ2v) is 9.69. The van der Waals surface area contributed by atoms with E-state index in [2.05, 4.69) is 0 Å². The summed E-state index contributed by atoms with van der Waals surface area (Å²) in [6, 6.07) is 0. The first-order valence-electron chi connectivity index (χ1n) is 12.1. The van der Waals surface area contributed by atoms with Gasteiger partial charge in [-0.3, -0.25) is 4.84 Å². The van der Waals surface area contributed by atoms with Gasteiger partial charge in [0.25, 0.3) is 0 Å². The van der Waals surface area contributed by atoms with Crippen molar-refractivity contribution in [1.82, 2.24) is 5.06 Å². The molecule has 0 radical (unpaired) electrons. The molecule has 174 valence electrons. The summed E-state index contributed by atoms with van der Waals surface area (Å²) in [6.07, 6.45) is 10.0. The number of ether oxygens (including phenoxy) is 5. The van der Waals surface area contributed by atoms with Crippen LogP contribution in [0.15, 0.2) is 0 Å². The maximum absolute atomic E-state index is 6.03. The molecule has 4 bridgehead atoms. The molecule has 0 unspecified atom stereocenters. The van der Waals surface area contributed by atoms with Gasteiger partial charge in [-0.1, -0.05) is 0 Å². The molecule has 0 aromatic heterocycles. The Labute approximate surface area is 181 Å². The topological polar surface area (TPSA) is 58.6 Å². The van der Waals surface area contributed by atoms with E-state index in [4.69, 9.17) is 28.5 Å². The van der Waals surface area contributed by atoms with Crippen LogP contribution in [0.1, 0.15) is 44.9 Å². The van der Waals surface area contributed by atoms with Gasteiger partial charge in [-0.2, -0.15) is 5.06 Å². The van der Waals surface area contributed by atoms with Crippen LogP contribution < -0.4 is 0 Å². The Bertz CT molecular complexity index is 437. The minimum Gasteiger partial charge on any atom is -0.377 e. The van der Waals surface area contributed by atoms with Gasteiger partial charge < -0.3 is 23.7 Å². The van der Waals surface area contributed by atoms with Crippen LogP contribution in [0.5, 0.6) is 0 Å². The highest BCUT2D eigenvalue weighted by Gasteiger charge is 2.50. The Morgan fingerprint density at radius 1 is 0.567 bits per heavy atom. The average Bonchev–Trinajstić information content (AvgIpc) is 2.72. The smallest absolute Gasteiger partial charge is 0.122 e. The summed E-state index contributed by atoms with van der Waals surface area (Å²) in [6.45, 7) is 7.17. The Morgan fingerprint density at radius 2 is 1.00 bits per heavy atom. The molecule has 4 aliphatic carbocycles. The summed E-state index contributed by atoms with van der Waals surface area (Å²) in [5.41, 5.74) is 0.557. The summed E-state index contributed by atoms with van der Waals surface area (Å²) in [5, 5.41) is 2.00. The molecule has 1 heterocycles. The van der Waals surface area contributed by atoms with Gasteiger partial charge in [-0.25, -0.2) is 0 Å². The molecule has 1 aliphatic heterocycles. The fraction of sp³-hybridized carbons (Fsp3) is 1.00. The van der Waals surface area contributed by atoms with Crippen molar-refractivity contribution in [3.8, 4) is 0 Å². The van der Waals surface area contributed by atoms with Crippen LogP contribution in [-0.4, -0.2) is 84.4 Å². The zero-order valence-corrected chi connectivity index (χ0v) is 18.6. The minimum atomic E-state index is 0.481. The highest BCUT2D eigenvalue weighted by molar-refractivity contribution is 5.01. The SMILES string of the molecule is C1COCCOCCON(CCC23CC4CC(CC(C4)C2)C3)COCCOCCO1. The van der Waals surface area contributed by atoms with Crippen molar-refractivity contribution >= 4 is 0 Å². The molecular formula is C23H41NO6. The third-order valence-electron chi connectivity index (χ3n) is 7.28. The number of rotatable bonds is 3. The van der Waals surface area contributed by atoms with Crippen LogP contribution in [0, 0.1) is 23.2 Å². The van der Waals surface area contributed by atoms with E-state index < -0.39 is 0 Å². The zero-order chi connectivity index (χ0) is 20.5. The van der Waals surface area contributed by atoms with Crippen molar-refractivity contribution in [2.75, 3.05) is 79.3 Å². The molecule has 30 heavy (non-hydrogen) atoms. The lowest BCUT2D eigenvalue weighted by atomic mass is 9.49. The van der Waals surface area contributed by atoms with Crippen molar-refractivity contribution in [1.29, 1.82) is 0 Å². The molecule has 7 heteroatoms. The maximum atomic E-state index is 6.03. The Hall–Kier alpha value is -0.280. The third-order valence-corrected chi connectivity index (χ3v) is 7.28. The van der Waals surface area contributed by atoms with Crippen molar-refractivity contribution in [2.45, 2.75) is 44.9 Å². The van der Waals surface area contributed by atoms with Crippen LogP contribution in [0.25, 0.3) is 0 Å². The summed E-state index contributed by atoms with van der Waals surface area (Å²) >= 11 is 0. The largest absolute Gasteiger partial charge is 0.377 e. The van der Waals surface area contributed by atoms with Crippen LogP contribution in [0.2, 0.25) is 0 Å². The standard InChI is InChI=1S/C23H41NO6/c1(23-16-20-13-21(17-23)15-22(14-20)18-23)2-24-19-29-10-9-27-6-5-25-3-4-26-7-8-28-11-12-30-24/h20-22H,1-19H2. The first-order chi connectivity index (χ1) is 14.8. The maximum Gasteiger partial charge on any atom is 0.122 e. The molecule has 1 saturated heterocycles. The summed E-state index contributed by atoms with van der Waals surface area (Å²) in [7, 11) is 0. The van der Waals surface area contributed by atoms with Crippen molar-refractivity contribution < 1.29 is 28.5 Å². The first kappa shape index (κ1) is 22.9. The normalized spacial score (nSPS) is 38.2. The summed E-state index contributed by atoms with van der Waals surface area (Å²) < 4.78 is 28.0. The molecule has 4 saturated carbocycles. The van der Waals surface area contributed by atoms with Crippen molar-refractivity contribution in [3.63, 3.8) is 0 Å². The predicted molar refractivity (Wildman–Crippen MR) is 112 cm³/mol. The quantitative estimate of drug-likeness (QED) is 0.686. The lowest BCUT2D eigenvalue weighted by molar-refractivity contribution is -0.223. The molecule has 0 spiro atoms. The second-order valence-electron chi connectivity index (χ2n) is 9.69. The average molecular weight is 428 g/mol. The van der Waals surface area contributed by atoms with Crippen LogP contribution in [0.3, 0.4) is 0 Å². The van der Waals surface area contributed by atoms with Crippen LogP contribution in [-0.2, 0) is 28.5 Å². The molecular weight excluding hydrogens is 386 g/mol. The number of hydrogen-bond donors (Lipinski definition) is 0. The Kier molecular flexibility index (Phi) is 9.23. The van der Waals surface area contributed by atoms with E-state index in [0.717, 1.165) is 24.3 Å². The van der Waals surface area contributed by atoms with Crippen LogP contribution in [0.4, 0.5) is 0 Å². The van der Waals surface area contributed by atoms with Gasteiger partial charge in [-0.15, -0.1) is 0 Å². The molecule has 0 aromatic carbocycles. The van der Waals surface area contributed by atoms with Gasteiger partial charge in [-0.05, 0) is 68.1 Å². The Balaban J connectivity index is 1.21. The van der Waals surface area contributed by atoms with Gasteiger partial charge in [0.05, 0.1) is 66.1 Å². The van der Waals surface area contributed by atoms with Gasteiger partial charge >= 0.3 is 0 Å². The second kappa shape index (κ2) is 12.1. The molecule has 5 aliphatic rings.